The average Bonchev–Trinajstić information content (AvgIpc) is 1.79. The lowest BCUT2D eigenvalue weighted by molar-refractivity contribution is -0.0174. The van der Waals surface area contributed by atoms with E-state index >= 15 is 0 Å². The number of nitrogens with two attached hydrogens (primary N) is 1. The Morgan fingerprint density at radius 1 is 1.31 bits per heavy atom. The monoisotopic (exact) mass is 191 g/mol. The van der Waals surface area contributed by atoms with Crippen LogP contribution in [0.1, 0.15) is 40.0 Å². The lowest BCUT2D eigenvalue weighted by Gasteiger charge is -2.45. The van der Waals surface area contributed by atoms with Crippen molar-refractivity contribution < 1.29 is 8.78 Å². The number of halogens is 2. The molecular formula is C10H19F2N. The van der Waals surface area contributed by atoms with Gasteiger partial charge < -0.3 is 5.73 Å². The largest absolute Gasteiger partial charge is 0.320 e. The topological polar surface area (TPSA) is 26.0 Å². The fraction of sp³-hybridized carbons (Fsp3) is 1.00. The van der Waals surface area contributed by atoms with Crippen LogP contribution in [-0.2, 0) is 0 Å². The molecule has 13 heavy (non-hydrogen) atoms. The van der Waals surface area contributed by atoms with Crippen molar-refractivity contribution >= 4 is 0 Å². The van der Waals surface area contributed by atoms with Crippen molar-refractivity contribution in [2.24, 2.45) is 17.1 Å². The summed E-state index contributed by atoms with van der Waals surface area (Å²) in [6, 6.07) is 0. The van der Waals surface area contributed by atoms with Gasteiger partial charge in [-0.2, -0.15) is 0 Å². The van der Waals surface area contributed by atoms with Crippen molar-refractivity contribution in [3.05, 3.63) is 0 Å². The van der Waals surface area contributed by atoms with Gasteiger partial charge in [-0.25, -0.2) is 8.78 Å². The number of alkyl halides is 2. The first-order valence-corrected chi connectivity index (χ1v) is 4.82. The minimum Gasteiger partial charge on any atom is -0.320 e. The van der Waals surface area contributed by atoms with Gasteiger partial charge in [-0.05, 0) is 30.6 Å². The van der Waals surface area contributed by atoms with Gasteiger partial charge in [-0.15, -0.1) is 0 Å². The first-order valence-electron chi connectivity index (χ1n) is 4.82. The van der Waals surface area contributed by atoms with E-state index in [1.807, 2.05) is 20.8 Å². The molecule has 1 nitrogen and oxygen atoms in total. The van der Waals surface area contributed by atoms with E-state index < -0.39 is 12.0 Å². The molecule has 0 aromatic rings. The molecule has 0 bridgehead atoms. The van der Waals surface area contributed by atoms with Gasteiger partial charge in [0.05, 0.1) is 5.54 Å². The van der Waals surface area contributed by atoms with Crippen molar-refractivity contribution in [3.63, 3.8) is 0 Å². The van der Waals surface area contributed by atoms with Crippen LogP contribution in [0.25, 0.3) is 0 Å². The molecule has 0 amide bonds. The van der Waals surface area contributed by atoms with Gasteiger partial charge in [0.1, 0.15) is 0 Å². The van der Waals surface area contributed by atoms with Crippen molar-refractivity contribution in [3.8, 4) is 0 Å². The second kappa shape index (κ2) is 3.19. The van der Waals surface area contributed by atoms with E-state index in [2.05, 4.69) is 0 Å². The lowest BCUT2D eigenvalue weighted by Crippen LogP contribution is -2.54. The van der Waals surface area contributed by atoms with Crippen LogP contribution in [0.4, 0.5) is 8.78 Å². The highest BCUT2D eigenvalue weighted by Crippen LogP contribution is 2.44. The summed E-state index contributed by atoms with van der Waals surface area (Å²) >= 11 is 0. The Balaban J connectivity index is 2.78. The van der Waals surface area contributed by atoms with Crippen molar-refractivity contribution in [1.29, 1.82) is 0 Å². The lowest BCUT2D eigenvalue weighted by atomic mass is 9.65. The predicted octanol–water partition coefficient (Wildman–Crippen LogP) is 2.80. The Kier molecular flexibility index (Phi) is 2.68. The molecule has 0 radical (unpaired) electrons. The van der Waals surface area contributed by atoms with Gasteiger partial charge in [0, 0.05) is 0 Å². The van der Waals surface area contributed by atoms with Crippen LogP contribution in [0, 0.1) is 11.3 Å². The fourth-order valence-corrected chi connectivity index (χ4v) is 2.87. The maximum atomic E-state index is 12.7. The van der Waals surface area contributed by atoms with E-state index in [4.69, 9.17) is 5.73 Å². The molecule has 0 aromatic heterocycles. The number of rotatable bonds is 1. The van der Waals surface area contributed by atoms with Crippen molar-refractivity contribution in [2.75, 3.05) is 0 Å². The number of hydrogen-bond donors (Lipinski definition) is 1. The summed E-state index contributed by atoms with van der Waals surface area (Å²) in [4.78, 5) is 0. The van der Waals surface area contributed by atoms with Crippen LogP contribution in [0.15, 0.2) is 0 Å². The zero-order chi connectivity index (χ0) is 10.3. The molecule has 0 saturated heterocycles. The Hall–Kier alpha value is -0.180. The molecule has 1 aliphatic rings. The van der Waals surface area contributed by atoms with Gasteiger partial charge >= 0.3 is 0 Å². The second-order valence-corrected chi connectivity index (χ2v) is 5.39. The maximum absolute atomic E-state index is 12.7. The van der Waals surface area contributed by atoms with Crippen LogP contribution in [0.3, 0.4) is 0 Å². The summed E-state index contributed by atoms with van der Waals surface area (Å²) in [6.45, 7) is 6.05. The smallest absolute Gasteiger partial charge is 0.256 e. The normalized spacial score (nSPS) is 39.5. The first kappa shape index (κ1) is 10.9. The highest BCUT2D eigenvalue weighted by molar-refractivity contribution is 4.98. The molecule has 0 aliphatic heterocycles. The Bertz CT molecular complexity index is 191. The van der Waals surface area contributed by atoms with Gasteiger partial charge in [-0.3, -0.25) is 0 Å². The standard InChI is InChI=1S/C10H19F2N/c1-7-4-9(2,3)6-10(13,5-7)8(11)12/h7-8H,4-6,13H2,1-3H3. The van der Waals surface area contributed by atoms with Crippen LogP contribution in [0.2, 0.25) is 0 Å². The molecule has 1 rings (SSSR count). The molecule has 1 saturated carbocycles. The van der Waals surface area contributed by atoms with E-state index in [-0.39, 0.29) is 5.41 Å². The molecular weight excluding hydrogens is 172 g/mol. The zero-order valence-electron chi connectivity index (χ0n) is 8.61. The highest BCUT2D eigenvalue weighted by Gasteiger charge is 2.45. The molecule has 1 aliphatic carbocycles. The van der Waals surface area contributed by atoms with Crippen LogP contribution < -0.4 is 5.73 Å². The third kappa shape index (κ3) is 2.39. The van der Waals surface area contributed by atoms with E-state index in [0.29, 0.717) is 18.8 Å². The summed E-state index contributed by atoms with van der Waals surface area (Å²) < 4.78 is 25.4. The molecule has 3 heteroatoms. The van der Waals surface area contributed by atoms with Crippen LogP contribution in [-0.4, -0.2) is 12.0 Å². The van der Waals surface area contributed by atoms with Crippen LogP contribution in [0.5, 0.6) is 0 Å². The van der Waals surface area contributed by atoms with Gasteiger partial charge in [-0.1, -0.05) is 20.8 Å². The summed E-state index contributed by atoms with van der Waals surface area (Å²) in [5.74, 6) is 0.308. The third-order valence-corrected chi connectivity index (χ3v) is 2.87. The quantitative estimate of drug-likeness (QED) is 0.677. The van der Waals surface area contributed by atoms with Gasteiger partial charge in [0.2, 0.25) is 0 Å². The Morgan fingerprint density at radius 3 is 2.23 bits per heavy atom. The highest BCUT2D eigenvalue weighted by atomic mass is 19.3. The molecule has 0 aromatic carbocycles. The minimum absolute atomic E-state index is 0.0388. The second-order valence-electron chi connectivity index (χ2n) is 5.39. The minimum atomic E-state index is -2.39. The molecule has 2 unspecified atom stereocenters. The molecule has 2 N–H and O–H groups in total. The van der Waals surface area contributed by atoms with Crippen molar-refractivity contribution in [1.82, 2.24) is 0 Å². The molecule has 0 spiro atoms. The molecule has 0 heterocycles. The fourth-order valence-electron chi connectivity index (χ4n) is 2.87. The summed E-state index contributed by atoms with van der Waals surface area (Å²) in [6.07, 6.45) is -0.510. The van der Waals surface area contributed by atoms with E-state index in [9.17, 15) is 8.78 Å². The molecule has 1 fully saturated rings. The predicted molar refractivity (Wildman–Crippen MR) is 49.7 cm³/mol. The van der Waals surface area contributed by atoms with Crippen molar-refractivity contribution in [2.45, 2.75) is 52.0 Å². The Labute approximate surface area is 78.7 Å². The summed E-state index contributed by atoms with van der Waals surface area (Å²) in [7, 11) is 0. The third-order valence-electron chi connectivity index (χ3n) is 2.87. The zero-order valence-corrected chi connectivity index (χ0v) is 8.61. The SMILES string of the molecule is CC1CC(C)(C)CC(N)(C(F)F)C1. The maximum Gasteiger partial charge on any atom is 0.256 e. The average molecular weight is 191 g/mol. The van der Waals surface area contributed by atoms with E-state index in [0.717, 1.165) is 6.42 Å². The van der Waals surface area contributed by atoms with Gasteiger partial charge in [0.25, 0.3) is 6.43 Å². The Morgan fingerprint density at radius 2 is 1.85 bits per heavy atom. The molecule has 2 atom stereocenters. The van der Waals surface area contributed by atoms with Crippen LogP contribution >= 0.6 is 0 Å². The summed E-state index contributed by atoms with van der Waals surface area (Å²) in [5, 5.41) is 0. The summed E-state index contributed by atoms with van der Waals surface area (Å²) in [5.41, 5.74) is 4.43. The van der Waals surface area contributed by atoms with E-state index in [1.54, 1.807) is 0 Å². The van der Waals surface area contributed by atoms with Gasteiger partial charge in [0.15, 0.2) is 0 Å². The number of hydrogen-bond acceptors (Lipinski definition) is 1. The molecule has 78 valence electrons. The van der Waals surface area contributed by atoms with E-state index in [1.165, 1.54) is 0 Å². The first-order chi connectivity index (χ1) is 5.75.